The maximum atomic E-state index is 3.15. The van der Waals surface area contributed by atoms with Crippen molar-refractivity contribution in [1.82, 2.24) is 10.9 Å². The molecule has 1 heterocycles. The van der Waals surface area contributed by atoms with Crippen LogP contribution in [0.5, 0.6) is 0 Å². The Morgan fingerprint density at radius 1 is 1.56 bits per heavy atom. The van der Waals surface area contributed by atoms with Crippen molar-refractivity contribution in [2.45, 2.75) is 33.2 Å². The first-order valence-corrected chi connectivity index (χ1v) is 3.47. The van der Waals surface area contributed by atoms with Gasteiger partial charge in [-0.05, 0) is 25.8 Å². The van der Waals surface area contributed by atoms with Crippen molar-refractivity contribution in [3.63, 3.8) is 0 Å². The largest absolute Gasteiger partial charge is 0.325 e. The van der Waals surface area contributed by atoms with Crippen molar-refractivity contribution < 1.29 is 0 Å². The summed E-state index contributed by atoms with van der Waals surface area (Å²) in [4.78, 5) is 0. The Morgan fingerprint density at radius 2 is 2.22 bits per heavy atom. The van der Waals surface area contributed by atoms with E-state index in [1.165, 1.54) is 11.3 Å². The number of nitrogens with one attached hydrogen (secondary N) is 2. The van der Waals surface area contributed by atoms with Gasteiger partial charge in [-0.25, -0.2) is 5.43 Å². The lowest BCUT2D eigenvalue weighted by atomic mass is 10.1. The van der Waals surface area contributed by atoms with Crippen LogP contribution in [-0.4, -0.2) is 6.04 Å². The van der Waals surface area contributed by atoms with E-state index in [0.717, 1.165) is 6.42 Å². The van der Waals surface area contributed by atoms with Gasteiger partial charge in [-0.2, -0.15) is 0 Å². The van der Waals surface area contributed by atoms with Crippen molar-refractivity contribution in [3.8, 4) is 0 Å². The smallest absolute Gasteiger partial charge is 0.0458 e. The van der Waals surface area contributed by atoms with E-state index < -0.39 is 0 Å². The van der Waals surface area contributed by atoms with Crippen LogP contribution in [0.1, 0.15) is 27.2 Å². The summed E-state index contributed by atoms with van der Waals surface area (Å²) < 4.78 is 0. The summed E-state index contributed by atoms with van der Waals surface area (Å²) in [5.74, 6) is 0. The summed E-state index contributed by atoms with van der Waals surface area (Å²) in [5, 5.41) is 0. The minimum atomic E-state index is 0.514. The highest BCUT2D eigenvalue weighted by Crippen LogP contribution is 2.13. The van der Waals surface area contributed by atoms with E-state index in [4.69, 9.17) is 0 Å². The van der Waals surface area contributed by atoms with E-state index in [2.05, 4.69) is 31.6 Å². The second-order valence-electron chi connectivity index (χ2n) is 2.51. The number of hydrazine groups is 1. The zero-order chi connectivity index (χ0) is 6.85. The lowest BCUT2D eigenvalue weighted by molar-refractivity contribution is 0.592. The van der Waals surface area contributed by atoms with Gasteiger partial charge in [-0.1, -0.05) is 6.92 Å². The van der Waals surface area contributed by atoms with Crippen molar-refractivity contribution >= 4 is 0 Å². The molecule has 1 aliphatic rings. The number of rotatable bonds is 1. The fourth-order valence-electron chi connectivity index (χ4n) is 1.03. The fraction of sp³-hybridized carbons (Fsp3) is 0.714. The molecule has 0 aromatic heterocycles. The lowest BCUT2D eigenvalue weighted by Crippen LogP contribution is -2.30. The predicted octanol–water partition coefficient (Wildman–Crippen LogP) is 1.17. The molecule has 0 amide bonds. The molecular formula is C7H14N2. The molecule has 0 aromatic rings. The Morgan fingerprint density at radius 3 is 2.44 bits per heavy atom. The maximum absolute atomic E-state index is 3.15. The Kier molecular flexibility index (Phi) is 1.76. The van der Waals surface area contributed by atoms with Gasteiger partial charge in [-0.15, -0.1) is 0 Å². The highest BCUT2D eigenvalue weighted by atomic mass is 15.4. The first-order chi connectivity index (χ1) is 4.25. The van der Waals surface area contributed by atoms with Crippen LogP contribution >= 0.6 is 0 Å². The Labute approximate surface area is 56.3 Å². The van der Waals surface area contributed by atoms with Crippen LogP contribution in [0.15, 0.2) is 11.3 Å². The van der Waals surface area contributed by atoms with Gasteiger partial charge >= 0.3 is 0 Å². The minimum Gasteiger partial charge on any atom is -0.325 e. The van der Waals surface area contributed by atoms with Gasteiger partial charge in [0.05, 0.1) is 0 Å². The lowest BCUT2D eigenvalue weighted by Gasteiger charge is -2.00. The third-order valence-electron chi connectivity index (χ3n) is 1.92. The molecule has 0 radical (unpaired) electrons. The molecule has 0 aromatic carbocycles. The molecule has 0 fully saturated rings. The number of allylic oxidation sites excluding steroid dienone is 1. The van der Waals surface area contributed by atoms with Gasteiger partial charge in [0, 0.05) is 11.7 Å². The summed E-state index contributed by atoms with van der Waals surface area (Å²) in [5.41, 5.74) is 9.07. The first-order valence-electron chi connectivity index (χ1n) is 3.47. The monoisotopic (exact) mass is 126 g/mol. The second kappa shape index (κ2) is 2.40. The van der Waals surface area contributed by atoms with Crippen LogP contribution in [0.4, 0.5) is 0 Å². The van der Waals surface area contributed by atoms with Crippen LogP contribution in [0.25, 0.3) is 0 Å². The molecule has 0 bridgehead atoms. The molecule has 1 aliphatic heterocycles. The highest BCUT2D eigenvalue weighted by molar-refractivity contribution is 5.19. The topological polar surface area (TPSA) is 24.1 Å². The predicted molar refractivity (Wildman–Crippen MR) is 38.7 cm³/mol. The Bertz CT molecular complexity index is 138. The van der Waals surface area contributed by atoms with Gasteiger partial charge < -0.3 is 5.43 Å². The van der Waals surface area contributed by atoms with Crippen LogP contribution in [0, 0.1) is 0 Å². The second-order valence-corrected chi connectivity index (χ2v) is 2.51. The SMILES string of the molecule is CCC1=C(C)C(C)NN1. The molecule has 0 spiro atoms. The van der Waals surface area contributed by atoms with Crippen LogP contribution in [0.3, 0.4) is 0 Å². The van der Waals surface area contributed by atoms with Gasteiger partial charge in [0.2, 0.25) is 0 Å². The molecule has 2 nitrogen and oxygen atoms in total. The highest BCUT2D eigenvalue weighted by Gasteiger charge is 2.14. The molecule has 2 heteroatoms. The summed E-state index contributed by atoms with van der Waals surface area (Å²) in [7, 11) is 0. The average molecular weight is 126 g/mol. The fourth-order valence-corrected chi connectivity index (χ4v) is 1.03. The molecule has 1 rings (SSSR count). The Balaban J connectivity index is 2.68. The maximum Gasteiger partial charge on any atom is 0.0458 e. The van der Waals surface area contributed by atoms with E-state index in [1.54, 1.807) is 0 Å². The molecule has 9 heavy (non-hydrogen) atoms. The quantitative estimate of drug-likeness (QED) is 0.551. The molecule has 52 valence electrons. The molecule has 1 unspecified atom stereocenters. The van der Waals surface area contributed by atoms with Crippen LogP contribution in [0.2, 0.25) is 0 Å². The summed E-state index contributed by atoms with van der Waals surface area (Å²) in [6.07, 6.45) is 1.10. The molecule has 0 saturated carbocycles. The standard InChI is InChI=1S/C7H14N2/c1-4-7-5(2)6(3)8-9-7/h6,8-9H,4H2,1-3H3. The normalized spacial score (nSPS) is 26.8. The average Bonchev–Trinajstić information content (AvgIpc) is 2.15. The first kappa shape index (κ1) is 6.62. The summed E-state index contributed by atoms with van der Waals surface area (Å²) in [6, 6.07) is 0.514. The van der Waals surface area contributed by atoms with Crippen LogP contribution in [-0.2, 0) is 0 Å². The van der Waals surface area contributed by atoms with Gasteiger partial charge in [0.15, 0.2) is 0 Å². The third kappa shape index (κ3) is 1.08. The van der Waals surface area contributed by atoms with Crippen LogP contribution < -0.4 is 10.9 Å². The van der Waals surface area contributed by atoms with Crippen molar-refractivity contribution in [2.24, 2.45) is 0 Å². The number of hydrogen-bond acceptors (Lipinski definition) is 2. The van der Waals surface area contributed by atoms with E-state index in [1.807, 2.05) is 0 Å². The Hall–Kier alpha value is -0.500. The van der Waals surface area contributed by atoms with Gasteiger partial charge in [0.1, 0.15) is 0 Å². The van der Waals surface area contributed by atoms with Crippen molar-refractivity contribution in [2.75, 3.05) is 0 Å². The zero-order valence-corrected chi connectivity index (χ0v) is 6.28. The van der Waals surface area contributed by atoms with Crippen molar-refractivity contribution in [1.29, 1.82) is 0 Å². The van der Waals surface area contributed by atoms with Gasteiger partial charge in [-0.3, -0.25) is 0 Å². The van der Waals surface area contributed by atoms with Gasteiger partial charge in [0.25, 0.3) is 0 Å². The summed E-state index contributed by atoms with van der Waals surface area (Å²) >= 11 is 0. The molecule has 0 saturated heterocycles. The third-order valence-corrected chi connectivity index (χ3v) is 1.92. The zero-order valence-electron chi connectivity index (χ0n) is 6.28. The molecule has 2 N–H and O–H groups in total. The van der Waals surface area contributed by atoms with E-state index >= 15 is 0 Å². The molecule has 0 aliphatic carbocycles. The van der Waals surface area contributed by atoms with Crippen molar-refractivity contribution in [3.05, 3.63) is 11.3 Å². The molecule has 1 atom stereocenters. The molecular weight excluding hydrogens is 112 g/mol. The number of hydrogen-bond donors (Lipinski definition) is 2. The van der Waals surface area contributed by atoms with E-state index in [9.17, 15) is 0 Å². The van der Waals surface area contributed by atoms with E-state index in [-0.39, 0.29) is 0 Å². The minimum absolute atomic E-state index is 0.514. The summed E-state index contributed by atoms with van der Waals surface area (Å²) in [6.45, 7) is 6.48. The van der Waals surface area contributed by atoms with E-state index in [0.29, 0.717) is 6.04 Å².